The Labute approximate surface area is 337 Å². The molecular weight excluding hydrogens is 707 g/mol. The lowest BCUT2D eigenvalue weighted by atomic mass is 9.70. The maximum Gasteiger partial charge on any atom is 0.178 e. The zero-order valence-corrected chi connectivity index (χ0v) is 31.5. The van der Waals surface area contributed by atoms with Gasteiger partial charge in [-0.3, -0.25) is 0 Å². The molecule has 1 aliphatic heterocycles. The van der Waals surface area contributed by atoms with Crippen LogP contribution in [0.2, 0.25) is 0 Å². The predicted octanol–water partition coefficient (Wildman–Crippen LogP) is 14.7. The topological polar surface area (TPSA) is 21.7 Å². The number of para-hydroxylation sites is 1. The molecule has 0 saturated carbocycles. The van der Waals surface area contributed by atoms with Crippen LogP contribution in [0.3, 0.4) is 0 Å². The van der Waals surface area contributed by atoms with Crippen molar-refractivity contribution in [1.29, 1.82) is 0 Å². The summed E-state index contributed by atoms with van der Waals surface area (Å²) < 4.78 is 13.9. The normalized spacial score (nSPS) is 13.2. The fourth-order valence-electron chi connectivity index (χ4n) is 9.74. The minimum Gasteiger partial charge on any atom is -0.449 e. The van der Waals surface area contributed by atoms with E-state index >= 15 is 0 Å². The van der Waals surface area contributed by atoms with Crippen LogP contribution in [-0.2, 0) is 5.41 Å². The van der Waals surface area contributed by atoms with E-state index in [-0.39, 0.29) is 0 Å². The second kappa shape index (κ2) is 12.7. The van der Waals surface area contributed by atoms with Crippen molar-refractivity contribution in [3.05, 3.63) is 235 Å². The Bertz CT molecular complexity index is 3020. The van der Waals surface area contributed by atoms with Gasteiger partial charge in [0.05, 0.1) is 16.8 Å². The number of nitrogens with zero attached hydrogens (tertiary/aromatic N) is 1. The Morgan fingerprint density at radius 1 is 0.328 bits per heavy atom. The molecule has 2 aliphatic carbocycles. The highest BCUT2D eigenvalue weighted by Gasteiger charge is 2.53. The fourth-order valence-corrected chi connectivity index (χ4v) is 9.74. The first-order chi connectivity index (χ1) is 28.8. The number of rotatable bonds is 5. The molecule has 1 spiro atoms. The summed E-state index contributed by atoms with van der Waals surface area (Å²) in [6, 6.07) is 75.8. The van der Waals surface area contributed by atoms with Crippen LogP contribution in [0.5, 0.6) is 23.0 Å². The van der Waals surface area contributed by atoms with Crippen molar-refractivity contribution >= 4 is 17.1 Å². The summed E-state index contributed by atoms with van der Waals surface area (Å²) in [5.41, 5.74) is 17.1. The molecular formula is C55H35NO2. The first-order valence-electron chi connectivity index (χ1n) is 19.8. The van der Waals surface area contributed by atoms with Crippen molar-refractivity contribution in [3.8, 4) is 67.5 Å². The monoisotopic (exact) mass is 741 g/mol. The van der Waals surface area contributed by atoms with Gasteiger partial charge in [-0.15, -0.1) is 0 Å². The average molecular weight is 742 g/mol. The summed E-state index contributed by atoms with van der Waals surface area (Å²) >= 11 is 0. The molecule has 0 radical (unpaired) electrons. The van der Waals surface area contributed by atoms with Gasteiger partial charge in [0.2, 0.25) is 0 Å². The van der Waals surface area contributed by atoms with E-state index in [0.29, 0.717) is 17.2 Å². The van der Waals surface area contributed by atoms with Gasteiger partial charge in [0.15, 0.2) is 23.0 Å². The van der Waals surface area contributed by atoms with E-state index in [1.54, 1.807) is 0 Å². The Kier molecular flexibility index (Phi) is 7.14. The van der Waals surface area contributed by atoms with Gasteiger partial charge in [0.25, 0.3) is 0 Å². The molecule has 3 heteroatoms. The van der Waals surface area contributed by atoms with Gasteiger partial charge in [-0.25, -0.2) is 0 Å². The molecule has 3 nitrogen and oxygen atoms in total. The molecule has 9 aromatic carbocycles. The molecule has 0 saturated heterocycles. The van der Waals surface area contributed by atoms with E-state index in [1.165, 1.54) is 44.5 Å². The number of hydrogen-bond donors (Lipinski definition) is 0. The van der Waals surface area contributed by atoms with Gasteiger partial charge in [-0.05, 0) is 98.1 Å². The van der Waals surface area contributed by atoms with Crippen molar-refractivity contribution in [2.45, 2.75) is 5.41 Å². The summed E-state index contributed by atoms with van der Waals surface area (Å²) in [4.78, 5) is 2.32. The van der Waals surface area contributed by atoms with Crippen LogP contribution in [0.4, 0.5) is 17.1 Å². The van der Waals surface area contributed by atoms with Crippen molar-refractivity contribution in [3.63, 3.8) is 0 Å². The number of hydrogen-bond acceptors (Lipinski definition) is 3. The van der Waals surface area contributed by atoms with E-state index in [2.05, 4.69) is 211 Å². The smallest absolute Gasteiger partial charge is 0.178 e. The van der Waals surface area contributed by atoms with Crippen LogP contribution in [0.25, 0.3) is 44.5 Å². The molecule has 1 heterocycles. The molecule has 58 heavy (non-hydrogen) atoms. The van der Waals surface area contributed by atoms with Crippen LogP contribution in [0.15, 0.2) is 212 Å². The van der Waals surface area contributed by atoms with Crippen LogP contribution in [0.1, 0.15) is 22.3 Å². The second-order valence-electron chi connectivity index (χ2n) is 15.2. The van der Waals surface area contributed by atoms with E-state index < -0.39 is 5.41 Å². The molecule has 3 aliphatic rings. The van der Waals surface area contributed by atoms with Crippen LogP contribution in [-0.4, -0.2) is 0 Å². The highest BCUT2D eigenvalue weighted by atomic mass is 16.6. The molecule has 12 rings (SSSR count). The average Bonchev–Trinajstić information content (AvgIpc) is 3.77. The van der Waals surface area contributed by atoms with Gasteiger partial charge >= 0.3 is 0 Å². The highest BCUT2D eigenvalue weighted by Crippen LogP contribution is 2.66. The number of benzene rings is 9. The van der Waals surface area contributed by atoms with E-state index in [4.69, 9.17) is 9.47 Å². The molecule has 0 amide bonds. The third kappa shape index (κ3) is 4.68. The Morgan fingerprint density at radius 3 is 1.59 bits per heavy atom. The Balaban J connectivity index is 1.03. The summed E-state index contributed by atoms with van der Waals surface area (Å²) in [6.07, 6.45) is 0. The van der Waals surface area contributed by atoms with Crippen LogP contribution < -0.4 is 14.4 Å². The second-order valence-corrected chi connectivity index (χ2v) is 15.2. The molecule has 0 aromatic heterocycles. The first kappa shape index (κ1) is 32.6. The lowest BCUT2D eigenvalue weighted by Crippen LogP contribution is -2.25. The maximum atomic E-state index is 7.16. The highest BCUT2D eigenvalue weighted by molar-refractivity contribution is 5.98. The van der Waals surface area contributed by atoms with Crippen molar-refractivity contribution < 1.29 is 9.47 Å². The Hall–Kier alpha value is -7.62. The van der Waals surface area contributed by atoms with Gasteiger partial charge in [0.1, 0.15) is 0 Å². The first-order valence-corrected chi connectivity index (χ1v) is 19.8. The van der Waals surface area contributed by atoms with E-state index in [1.807, 2.05) is 6.07 Å². The summed E-state index contributed by atoms with van der Waals surface area (Å²) in [7, 11) is 0. The zero-order valence-electron chi connectivity index (χ0n) is 31.5. The third-order valence-corrected chi connectivity index (χ3v) is 12.1. The quantitative estimate of drug-likeness (QED) is 0.175. The van der Waals surface area contributed by atoms with Gasteiger partial charge < -0.3 is 14.4 Å². The molecule has 0 unspecified atom stereocenters. The predicted molar refractivity (Wildman–Crippen MR) is 235 cm³/mol. The molecule has 9 aromatic rings. The SMILES string of the molecule is c1ccc(-c2ccc(N(c3ccccc3)c3ccc4c(c3)Oc3c(ccc5c3-c3ccccc3C53c5ccccc5-c5ccccc53)O4)c(-c3ccccc3)c2)cc1. The largest absolute Gasteiger partial charge is 0.449 e. The summed E-state index contributed by atoms with van der Waals surface area (Å²) in [5.74, 6) is 2.82. The fraction of sp³-hybridized carbons (Fsp3) is 0.0182. The van der Waals surface area contributed by atoms with E-state index in [0.717, 1.165) is 45.1 Å². The lowest BCUT2D eigenvalue weighted by molar-refractivity contribution is 0.360. The molecule has 0 fully saturated rings. The molecule has 0 atom stereocenters. The standard InChI is InChI=1S/C55H35NO2/c1-4-16-36(17-5-1)38-28-31-49(44(34-38)37-18-6-2-7-19-37)56(39-20-8-3-9-21-39)40-29-32-50-52(35-40)58-54-51(57-50)33-30-48-53(54)43-24-12-15-27-47(43)55(48)45-25-13-10-22-41(45)42-23-11-14-26-46(42)55/h1-35H. The summed E-state index contributed by atoms with van der Waals surface area (Å²) in [6.45, 7) is 0. The number of anilines is 3. The maximum absolute atomic E-state index is 7.16. The minimum absolute atomic E-state index is 0.469. The molecule has 272 valence electrons. The van der Waals surface area contributed by atoms with Crippen molar-refractivity contribution in [2.75, 3.05) is 4.90 Å². The van der Waals surface area contributed by atoms with E-state index in [9.17, 15) is 0 Å². The third-order valence-electron chi connectivity index (χ3n) is 12.1. The van der Waals surface area contributed by atoms with Gasteiger partial charge in [0, 0.05) is 22.9 Å². The number of fused-ring (bicyclic) bond motifs is 13. The van der Waals surface area contributed by atoms with Crippen molar-refractivity contribution in [2.24, 2.45) is 0 Å². The lowest BCUT2D eigenvalue weighted by Gasteiger charge is -2.31. The van der Waals surface area contributed by atoms with Crippen LogP contribution in [0, 0.1) is 0 Å². The minimum atomic E-state index is -0.469. The Morgan fingerprint density at radius 2 is 0.897 bits per heavy atom. The zero-order chi connectivity index (χ0) is 38.2. The van der Waals surface area contributed by atoms with Gasteiger partial charge in [-0.1, -0.05) is 164 Å². The molecule has 0 bridgehead atoms. The van der Waals surface area contributed by atoms with Gasteiger partial charge in [-0.2, -0.15) is 0 Å². The van der Waals surface area contributed by atoms with Crippen LogP contribution >= 0.6 is 0 Å². The van der Waals surface area contributed by atoms with Crippen molar-refractivity contribution in [1.82, 2.24) is 0 Å². The summed E-state index contributed by atoms with van der Waals surface area (Å²) in [5, 5.41) is 0. The number of ether oxygens (including phenoxy) is 2. The molecule has 0 N–H and O–H groups in total.